The molecule has 0 aromatic heterocycles. The molecular formula is C15H9F5O5S. The molecule has 0 heterocycles. The van der Waals surface area contributed by atoms with Crippen molar-refractivity contribution >= 4 is 15.9 Å². The van der Waals surface area contributed by atoms with Gasteiger partial charge in [-0.05, 0) is 12.1 Å². The molecule has 0 amide bonds. The summed E-state index contributed by atoms with van der Waals surface area (Å²) in [4.78, 5) is 9.82. The smallest absolute Gasteiger partial charge is 0.303 e. The van der Waals surface area contributed by atoms with E-state index < -0.39 is 56.5 Å². The Bertz CT molecular complexity index is 946. The summed E-state index contributed by atoms with van der Waals surface area (Å²) in [7, 11) is -4.23. The Balaban J connectivity index is 2.35. The molecule has 0 radical (unpaired) electrons. The Kier molecular flexibility index (Phi) is 5.62. The molecule has 11 heteroatoms. The van der Waals surface area contributed by atoms with Gasteiger partial charge in [0, 0.05) is 0 Å². The maximum Gasteiger partial charge on any atom is 0.303 e. The average Bonchev–Trinajstić information content (AvgIpc) is 2.62. The van der Waals surface area contributed by atoms with E-state index in [4.69, 9.17) is 4.74 Å². The van der Waals surface area contributed by atoms with Crippen molar-refractivity contribution in [1.29, 1.82) is 0 Å². The molecule has 5 nitrogen and oxygen atoms in total. The quantitative estimate of drug-likeness (QED) is 0.247. The van der Waals surface area contributed by atoms with Crippen molar-refractivity contribution in [2.45, 2.75) is 4.90 Å². The zero-order valence-corrected chi connectivity index (χ0v) is 13.7. The number of halogens is 5. The number of carbonyl (C=O) groups excluding carboxylic acids is 1. The molecule has 0 fully saturated rings. The lowest BCUT2D eigenvalue weighted by atomic mass is 10.1. The highest BCUT2D eigenvalue weighted by Crippen LogP contribution is 2.28. The second kappa shape index (κ2) is 7.38. The van der Waals surface area contributed by atoms with Crippen molar-refractivity contribution in [2.75, 3.05) is 13.7 Å². The van der Waals surface area contributed by atoms with Crippen LogP contribution in [-0.2, 0) is 14.3 Å². The molecule has 2 aromatic rings. The fourth-order valence-corrected chi connectivity index (χ4v) is 2.95. The number of rotatable bonds is 6. The van der Waals surface area contributed by atoms with Crippen LogP contribution in [0.2, 0.25) is 0 Å². The molecule has 0 aliphatic carbocycles. The molecule has 0 atom stereocenters. The van der Waals surface area contributed by atoms with Crippen molar-refractivity contribution in [3.63, 3.8) is 0 Å². The number of methoxy groups -OCH3 is 1. The maximum absolute atomic E-state index is 13.6. The lowest BCUT2D eigenvalue weighted by Gasteiger charge is -2.10. The van der Waals surface area contributed by atoms with Crippen LogP contribution < -0.4 is 4.74 Å². The zero-order chi connectivity index (χ0) is 19.6. The maximum atomic E-state index is 13.6. The van der Waals surface area contributed by atoms with Crippen molar-refractivity contribution in [1.82, 2.24) is 0 Å². The third-order valence-electron chi connectivity index (χ3n) is 3.17. The lowest BCUT2D eigenvalue weighted by Crippen LogP contribution is -2.19. The Morgan fingerprint density at radius 1 is 0.923 bits per heavy atom. The topological polar surface area (TPSA) is 69.7 Å². The second-order valence-electron chi connectivity index (χ2n) is 4.74. The van der Waals surface area contributed by atoms with Crippen LogP contribution in [0.4, 0.5) is 22.0 Å². The first kappa shape index (κ1) is 19.8. The van der Waals surface area contributed by atoms with Crippen LogP contribution in [0.5, 0.6) is 5.75 Å². The molecule has 140 valence electrons. The summed E-state index contributed by atoms with van der Waals surface area (Å²) < 4.78 is 99.1. The molecule has 0 aliphatic heterocycles. The van der Waals surface area contributed by atoms with Gasteiger partial charge in [-0.25, -0.2) is 22.0 Å². The number of carbonyl (C=O) groups is 1. The van der Waals surface area contributed by atoms with E-state index in [1.165, 1.54) is 31.4 Å². The second-order valence-corrected chi connectivity index (χ2v) is 6.29. The average molecular weight is 396 g/mol. The number of ether oxygens (including phenoxy) is 1. The van der Waals surface area contributed by atoms with Crippen LogP contribution in [0.1, 0.15) is 10.4 Å². The van der Waals surface area contributed by atoms with E-state index in [0.717, 1.165) is 0 Å². The summed E-state index contributed by atoms with van der Waals surface area (Å²) in [6, 6.07) is 5.58. The SMILES string of the molecule is COc1ccccc1C(=O)COS(=O)(=O)c1c(F)c(F)c(F)c(F)c1F. The van der Waals surface area contributed by atoms with E-state index in [1.807, 2.05) is 0 Å². The number of ketones is 1. The Labute approximate surface area is 144 Å². The first-order chi connectivity index (χ1) is 12.1. The van der Waals surface area contributed by atoms with Crippen LogP contribution in [0.15, 0.2) is 29.2 Å². The van der Waals surface area contributed by atoms with E-state index in [1.54, 1.807) is 0 Å². The van der Waals surface area contributed by atoms with Gasteiger partial charge >= 0.3 is 10.1 Å². The first-order valence-corrected chi connectivity index (χ1v) is 8.09. The molecule has 0 bridgehead atoms. The number of benzene rings is 2. The monoisotopic (exact) mass is 396 g/mol. The molecule has 2 rings (SSSR count). The molecule has 0 aliphatic rings. The van der Waals surface area contributed by atoms with Crippen LogP contribution in [0.25, 0.3) is 0 Å². The van der Waals surface area contributed by atoms with E-state index >= 15 is 0 Å². The van der Waals surface area contributed by atoms with Gasteiger partial charge in [0.1, 0.15) is 12.4 Å². The minimum absolute atomic E-state index is 0.0646. The molecule has 0 unspecified atom stereocenters. The predicted octanol–water partition coefficient (Wildman–Crippen LogP) is 2.98. The normalized spacial score (nSPS) is 11.5. The third kappa shape index (κ3) is 3.53. The predicted molar refractivity (Wildman–Crippen MR) is 76.7 cm³/mol. The molecular weight excluding hydrogens is 387 g/mol. The molecule has 0 saturated heterocycles. The molecule has 2 aromatic carbocycles. The van der Waals surface area contributed by atoms with Gasteiger partial charge in [-0.15, -0.1) is 0 Å². The van der Waals surface area contributed by atoms with Gasteiger partial charge in [0.15, 0.2) is 33.9 Å². The Morgan fingerprint density at radius 2 is 1.42 bits per heavy atom. The molecule has 0 saturated carbocycles. The van der Waals surface area contributed by atoms with Gasteiger partial charge < -0.3 is 4.74 Å². The zero-order valence-electron chi connectivity index (χ0n) is 12.9. The first-order valence-electron chi connectivity index (χ1n) is 6.69. The van der Waals surface area contributed by atoms with Gasteiger partial charge in [0.25, 0.3) is 0 Å². The summed E-state index contributed by atoms with van der Waals surface area (Å²) in [5, 5.41) is 0. The van der Waals surface area contributed by atoms with E-state index in [9.17, 15) is 35.2 Å². The van der Waals surface area contributed by atoms with Crippen molar-refractivity contribution in [2.24, 2.45) is 0 Å². The number of para-hydroxylation sites is 1. The summed E-state index contributed by atoms with van der Waals surface area (Å²) in [6.07, 6.45) is 0. The number of hydrogen-bond donors (Lipinski definition) is 0. The van der Waals surface area contributed by atoms with Crippen molar-refractivity contribution in [3.8, 4) is 5.75 Å². The fourth-order valence-electron chi connectivity index (χ4n) is 1.95. The largest absolute Gasteiger partial charge is 0.496 e. The van der Waals surface area contributed by atoms with Gasteiger partial charge in [0.05, 0.1) is 12.7 Å². The minimum Gasteiger partial charge on any atom is -0.496 e. The van der Waals surface area contributed by atoms with Gasteiger partial charge in [-0.3, -0.25) is 8.98 Å². The lowest BCUT2D eigenvalue weighted by molar-refractivity contribution is 0.0921. The van der Waals surface area contributed by atoms with Crippen molar-refractivity contribution in [3.05, 3.63) is 58.9 Å². The highest BCUT2D eigenvalue weighted by molar-refractivity contribution is 7.86. The summed E-state index contributed by atoms with van der Waals surface area (Å²) in [5.41, 5.74) is -0.109. The highest BCUT2D eigenvalue weighted by Gasteiger charge is 2.34. The highest BCUT2D eigenvalue weighted by atomic mass is 32.2. The minimum atomic E-state index is -5.46. The van der Waals surface area contributed by atoms with E-state index in [-0.39, 0.29) is 11.3 Å². The van der Waals surface area contributed by atoms with Gasteiger partial charge in [0.2, 0.25) is 5.82 Å². The molecule has 26 heavy (non-hydrogen) atoms. The van der Waals surface area contributed by atoms with Crippen LogP contribution in [0, 0.1) is 29.1 Å². The van der Waals surface area contributed by atoms with E-state index in [0.29, 0.717) is 0 Å². The van der Waals surface area contributed by atoms with Gasteiger partial charge in [-0.2, -0.15) is 8.42 Å². The van der Waals surface area contributed by atoms with Gasteiger partial charge in [-0.1, -0.05) is 12.1 Å². The standard InChI is InChI=1S/C15H9F5O5S/c1-24-9-5-3-2-4-7(9)8(21)6-25-26(22,23)15-13(19)11(17)10(16)12(18)14(15)20/h2-5H,6H2,1H3. The Hall–Kier alpha value is -2.53. The number of hydrogen-bond acceptors (Lipinski definition) is 5. The fraction of sp³-hybridized carbons (Fsp3) is 0.133. The van der Waals surface area contributed by atoms with Crippen LogP contribution in [0.3, 0.4) is 0 Å². The van der Waals surface area contributed by atoms with Crippen LogP contribution >= 0.6 is 0 Å². The molecule has 0 spiro atoms. The summed E-state index contributed by atoms with van der Waals surface area (Å²) >= 11 is 0. The molecule has 0 N–H and O–H groups in total. The summed E-state index contributed by atoms with van der Waals surface area (Å²) in [6.45, 7) is -1.25. The van der Waals surface area contributed by atoms with Crippen LogP contribution in [-0.4, -0.2) is 27.9 Å². The summed E-state index contributed by atoms with van der Waals surface area (Å²) in [5.74, 6) is -13.5. The Morgan fingerprint density at radius 3 is 1.96 bits per heavy atom. The van der Waals surface area contributed by atoms with E-state index in [2.05, 4.69) is 4.18 Å². The third-order valence-corrected chi connectivity index (χ3v) is 4.46. The van der Waals surface area contributed by atoms with Crippen molar-refractivity contribution < 1.29 is 44.1 Å². The number of Topliss-reactive ketones (excluding diaryl/α,β-unsaturated/α-hetero) is 1.